The lowest BCUT2D eigenvalue weighted by Crippen LogP contribution is -1.93. The Kier molecular flexibility index (Phi) is 1.09. The molecule has 1 saturated carbocycles. The van der Waals surface area contributed by atoms with Gasteiger partial charge in [-0.3, -0.25) is 0 Å². The predicted molar refractivity (Wildman–Crippen MR) is 47.2 cm³/mol. The van der Waals surface area contributed by atoms with Crippen molar-refractivity contribution in [3.8, 4) is 0 Å². The van der Waals surface area contributed by atoms with Crippen molar-refractivity contribution in [3.63, 3.8) is 0 Å². The summed E-state index contributed by atoms with van der Waals surface area (Å²) in [7, 11) is 0. The van der Waals surface area contributed by atoms with Crippen LogP contribution in [-0.2, 0) is 0 Å². The summed E-state index contributed by atoms with van der Waals surface area (Å²) in [6, 6.07) is 8.39. The molecule has 0 radical (unpaired) electrons. The number of hydrogen-bond donors (Lipinski definition) is 0. The third kappa shape index (κ3) is 0.843. The van der Waals surface area contributed by atoms with E-state index in [1.165, 1.54) is 24.1 Å². The second-order valence-corrected chi connectivity index (χ2v) is 3.41. The van der Waals surface area contributed by atoms with Gasteiger partial charge in [-0.05, 0) is 37.1 Å². The lowest BCUT2D eigenvalue weighted by atomic mass is 10.3. The minimum atomic E-state index is 0.747. The molecule has 2 heterocycles. The van der Waals surface area contributed by atoms with Crippen molar-refractivity contribution < 1.29 is 0 Å². The quantitative estimate of drug-likeness (QED) is 0.622. The molecule has 2 aromatic heterocycles. The molecule has 2 nitrogen and oxygen atoms in total. The van der Waals surface area contributed by atoms with Gasteiger partial charge in [-0.15, -0.1) is 0 Å². The lowest BCUT2D eigenvalue weighted by molar-refractivity contribution is 0.859. The summed E-state index contributed by atoms with van der Waals surface area (Å²) in [6.45, 7) is 0. The monoisotopic (exact) mass is 158 g/mol. The van der Waals surface area contributed by atoms with Crippen molar-refractivity contribution >= 4 is 5.52 Å². The molecule has 0 spiro atoms. The van der Waals surface area contributed by atoms with Crippen LogP contribution < -0.4 is 0 Å². The van der Waals surface area contributed by atoms with Crippen LogP contribution in [0.1, 0.15) is 24.5 Å². The maximum Gasteiger partial charge on any atom is 0.0646 e. The molecule has 2 heteroatoms. The summed E-state index contributed by atoms with van der Waals surface area (Å²) in [6.07, 6.45) is 4.64. The fourth-order valence-corrected chi connectivity index (χ4v) is 1.53. The number of nitrogens with zero attached hydrogens (tertiary/aromatic N) is 2. The summed E-state index contributed by atoms with van der Waals surface area (Å²) in [4.78, 5) is 0. The van der Waals surface area contributed by atoms with E-state index in [-0.39, 0.29) is 0 Å². The highest BCUT2D eigenvalue weighted by Gasteiger charge is 2.24. The fourth-order valence-electron chi connectivity index (χ4n) is 1.53. The number of aromatic nitrogens is 2. The normalized spacial score (nSPS) is 17.0. The lowest BCUT2D eigenvalue weighted by Gasteiger charge is -1.97. The molecule has 0 N–H and O–H groups in total. The highest BCUT2D eigenvalue weighted by Crippen LogP contribution is 2.38. The zero-order chi connectivity index (χ0) is 7.97. The van der Waals surface area contributed by atoms with Crippen LogP contribution in [-0.4, -0.2) is 9.61 Å². The van der Waals surface area contributed by atoms with Gasteiger partial charge in [0.15, 0.2) is 0 Å². The van der Waals surface area contributed by atoms with Crippen LogP contribution in [0.4, 0.5) is 0 Å². The summed E-state index contributed by atoms with van der Waals surface area (Å²) in [5.74, 6) is 0.747. The minimum absolute atomic E-state index is 0.747. The highest BCUT2D eigenvalue weighted by atomic mass is 15.2. The first-order valence-corrected chi connectivity index (χ1v) is 4.38. The molecule has 0 aliphatic heterocycles. The van der Waals surface area contributed by atoms with E-state index in [9.17, 15) is 0 Å². The van der Waals surface area contributed by atoms with E-state index < -0.39 is 0 Å². The Morgan fingerprint density at radius 2 is 2.17 bits per heavy atom. The van der Waals surface area contributed by atoms with Gasteiger partial charge in [0.05, 0.1) is 11.2 Å². The van der Waals surface area contributed by atoms with E-state index >= 15 is 0 Å². The average molecular weight is 158 g/mol. The second kappa shape index (κ2) is 2.09. The molecule has 1 aliphatic rings. The van der Waals surface area contributed by atoms with Gasteiger partial charge >= 0.3 is 0 Å². The van der Waals surface area contributed by atoms with Crippen LogP contribution in [0.2, 0.25) is 0 Å². The van der Waals surface area contributed by atoms with Gasteiger partial charge in [0.25, 0.3) is 0 Å². The fraction of sp³-hybridized carbons (Fsp3) is 0.300. The first kappa shape index (κ1) is 6.23. The molecule has 0 atom stereocenters. The Labute approximate surface area is 70.8 Å². The van der Waals surface area contributed by atoms with Crippen LogP contribution in [0.5, 0.6) is 0 Å². The van der Waals surface area contributed by atoms with E-state index in [2.05, 4.69) is 23.3 Å². The molecule has 60 valence electrons. The predicted octanol–water partition coefficient (Wildman–Crippen LogP) is 2.21. The van der Waals surface area contributed by atoms with Crippen molar-refractivity contribution in [3.05, 3.63) is 36.2 Å². The Morgan fingerprint density at radius 3 is 3.00 bits per heavy atom. The SMILES string of the molecule is c1cc2ccc(C3CC3)nn2c1. The van der Waals surface area contributed by atoms with Gasteiger partial charge in [-0.2, -0.15) is 5.10 Å². The molecule has 0 saturated heterocycles. The summed E-state index contributed by atoms with van der Waals surface area (Å²) < 4.78 is 1.95. The third-order valence-corrected chi connectivity index (χ3v) is 2.40. The zero-order valence-electron chi connectivity index (χ0n) is 6.77. The molecule has 0 aromatic carbocycles. The van der Waals surface area contributed by atoms with Gasteiger partial charge in [0.2, 0.25) is 0 Å². The summed E-state index contributed by atoms with van der Waals surface area (Å²) in [5.41, 5.74) is 2.43. The minimum Gasteiger partial charge on any atom is -0.241 e. The van der Waals surface area contributed by atoms with Crippen LogP contribution in [0.25, 0.3) is 5.52 Å². The van der Waals surface area contributed by atoms with E-state index in [4.69, 9.17) is 0 Å². The van der Waals surface area contributed by atoms with E-state index in [0.717, 1.165) is 5.92 Å². The van der Waals surface area contributed by atoms with E-state index in [1.54, 1.807) is 0 Å². The standard InChI is InChI=1S/C10H10N2/c1-2-9-5-6-10(8-3-4-8)11-12(9)7-1/h1-2,5-8H,3-4H2. The molecule has 12 heavy (non-hydrogen) atoms. The summed E-state index contributed by atoms with van der Waals surface area (Å²) >= 11 is 0. The van der Waals surface area contributed by atoms with Gasteiger partial charge in [0.1, 0.15) is 0 Å². The molecule has 1 fully saturated rings. The smallest absolute Gasteiger partial charge is 0.0646 e. The van der Waals surface area contributed by atoms with E-state index in [1.807, 2.05) is 16.8 Å². The second-order valence-electron chi connectivity index (χ2n) is 3.41. The van der Waals surface area contributed by atoms with Gasteiger partial charge in [-0.1, -0.05) is 0 Å². The molecule has 0 amide bonds. The van der Waals surface area contributed by atoms with Crippen LogP contribution in [0.15, 0.2) is 30.5 Å². The zero-order valence-corrected chi connectivity index (χ0v) is 6.77. The molecule has 2 aromatic rings. The van der Waals surface area contributed by atoms with Crippen LogP contribution >= 0.6 is 0 Å². The molecule has 1 aliphatic carbocycles. The molecular weight excluding hydrogens is 148 g/mol. The van der Waals surface area contributed by atoms with E-state index in [0.29, 0.717) is 0 Å². The van der Waals surface area contributed by atoms with Gasteiger partial charge < -0.3 is 0 Å². The Balaban J connectivity index is 2.21. The maximum absolute atomic E-state index is 4.51. The van der Waals surface area contributed by atoms with Crippen molar-refractivity contribution in [1.82, 2.24) is 9.61 Å². The highest BCUT2D eigenvalue weighted by molar-refractivity contribution is 5.46. The molecular formula is C10H10N2. The largest absolute Gasteiger partial charge is 0.241 e. The van der Waals surface area contributed by atoms with Crippen molar-refractivity contribution in [2.75, 3.05) is 0 Å². The molecule has 0 unspecified atom stereocenters. The van der Waals surface area contributed by atoms with Crippen molar-refractivity contribution in [1.29, 1.82) is 0 Å². The Hall–Kier alpha value is -1.31. The topological polar surface area (TPSA) is 17.3 Å². The maximum atomic E-state index is 4.51. The Bertz CT molecular complexity index is 412. The van der Waals surface area contributed by atoms with Gasteiger partial charge in [-0.25, -0.2) is 4.52 Å². The number of rotatable bonds is 1. The molecule has 0 bridgehead atoms. The summed E-state index contributed by atoms with van der Waals surface area (Å²) in [5, 5.41) is 4.51. The van der Waals surface area contributed by atoms with Crippen molar-refractivity contribution in [2.24, 2.45) is 0 Å². The van der Waals surface area contributed by atoms with Gasteiger partial charge in [0, 0.05) is 12.1 Å². The third-order valence-electron chi connectivity index (χ3n) is 2.40. The first-order valence-electron chi connectivity index (χ1n) is 4.38. The van der Waals surface area contributed by atoms with Crippen molar-refractivity contribution in [2.45, 2.75) is 18.8 Å². The van der Waals surface area contributed by atoms with Crippen LogP contribution in [0, 0.1) is 0 Å². The van der Waals surface area contributed by atoms with Crippen LogP contribution in [0.3, 0.4) is 0 Å². The average Bonchev–Trinajstić information content (AvgIpc) is 2.84. The number of hydrogen-bond acceptors (Lipinski definition) is 1. The number of fused-ring (bicyclic) bond motifs is 1. The first-order chi connectivity index (χ1) is 5.93. The Morgan fingerprint density at radius 1 is 1.25 bits per heavy atom. The molecule has 3 rings (SSSR count).